The van der Waals surface area contributed by atoms with Crippen LogP contribution in [-0.4, -0.2) is 46.2 Å². The van der Waals surface area contributed by atoms with E-state index in [0.29, 0.717) is 21.7 Å². The molecule has 1 heterocycles. The van der Waals surface area contributed by atoms with Gasteiger partial charge in [-0.15, -0.1) is 0 Å². The van der Waals surface area contributed by atoms with E-state index >= 15 is 0 Å². The number of hydrogen-bond donors (Lipinski definition) is 1. The maximum Gasteiger partial charge on any atom is 0.325 e. The SMILES string of the molecule is COC(=O)Cn1c(=NC(=O)c2ccc(NS(=O)(=O)c3ccc(F)cc3)cc2)sc2cc(OC)c(OC)cc21. The van der Waals surface area contributed by atoms with E-state index in [1.807, 2.05) is 0 Å². The first-order chi connectivity index (χ1) is 18.1. The molecule has 0 radical (unpaired) electrons. The highest BCUT2D eigenvalue weighted by Gasteiger charge is 2.17. The van der Waals surface area contributed by atoms with Crippen molar-refractivity contribution in [2.45, 2.75) is 11.4 Å². The number of nitrogens with one attached hydrogen (secondary N) is 1. The lowest BCUT2D eigenvalue weighted by Crippen LogP contribution is -2.22. The van der Waals surface area contributed by atoms with Gasteiger partial charge in [-0.25, -0.2) is 12.8 Å². The molecule has 1 aromatic heterocycles. The van der Waals surface area contributed by atoms with Crippen LogP contribution >= 0.6 is 11.3 Å². The van der Waals surface area contributed by atoms with E-state index in [0.717, 1.165) is 24.3 Å². The van der Waals surface area contributed by atoms with Gasteiger partial charge in [-0.05, 0) is 48.5 Å². The lowest BCUT2D eigenvalue weighted by Gasteiger charge is -2.09. The van der Waals surface area contributed by atoms with Gasteiger partial charge < -0.3 is 18.8 Å². The molecule has 1 N–H and O–H groups in total. The molecule has 0 spiro atoms. The van der Waals surface area contributed by atoms with Crippen LogP contribution in [0.15, 0.2) is 70.6 Å². The number of benzene rings is 3. The van der Waals surface area contributed by atoms with Crippen LogP contribution in [0.4, 0.5) is 10.1 Å². The summed E-state index contributed by atoms with van der Waals surface area (Å²) >= 11 is 1.17. The minimum absolute atomic E-state index is 0.109. The number of carbonyl (C=O) groups is 2. The van der Waals surface area contributed by atoms with E-state index < -0.39 is 27.7 Å². The summed E-state index contributed by atoms with van der Waals surface area (Å²) in [6.07, 6.45) is 0. The third-order valence-corrected chi connectivity index (χ3v) is 7.85. The smallest absolute Gasteiger partial charge is 0.325 e. The zero-order valence-corrected chi connectivity index (χ0v) is 22.1. The third kappa shape index (κ3) is 5.68. The Morgan fingerprint density at radius 1 is 0.974 bits per heavy atom. The van der Waals surface area contributed by atoms with Crippen molar-refractivity contribution >= 4 is 49.1 Å². The molecule has 0 aliphatic carbocycles. The minimum Gasteiger partial charge on any atom is -0.493 e. The largest absolute Gasteiger partial charge is 0.493 e. The summed E-state index contributed by atoms with van der Waals surface area (Å²) in [5, 5.41) is 0. The lowest BCUT2D eigenvalue weighted by molar-refractivity contribution is -0.141. The molecule has 0 unspecified atom stereocenters. The number of anilines is 1. The quantitative estimate of drug-likeness (QED) is 0.327. The minimum atomic E-state index is -3.95. The Morgan fingerprint density at radius 2 is 1.61 bits per heavy atom. The highest BCUT2D eigenvalue weighted by Crippen LogP contribution is 2.33. The second-order valence-corrected chi connectivity index (χ2v) is 10.5. The molecule has 0 bridgehead atoms. The lowest BCUT2D eigenvalue weighted by atomic mass is 10.2. The highest BCUT2D eigenvalue weighted by molar-refractivity contribution is 7.92. The zero-order chi connectivity index (χ0) is 27.4. The topological polar surface area (TPSA) is 125 Å². The van der Waals surface area contributed by atoms with Gasteiger partial charge in [0.05, 0.1) is 36.4 Å². The molecule has 4 rings (SSSR count). The van der Waals surface area contributed by atoms with Crippen LogP contribution in [0.25, 0.3) is 10.2 Å². The number of hydrogen-bond acceptors (Lipinski definition) is 8. The van der Waals surface area contributed by atoms with E-state index in [4.69, 9.17) is 14.2 Å². The molecule has 0 fully saturated rings. The number of aromatic nitrogens is 1. The molecule has 1 amide bonds. The van der Waals surface area contributed by atoms with Gasteiger partial charge in [-0.1, -0.05) is 11.3 Å². The molecule has 13 heteroatoms. The summed E-state index contributed by atoms with van der Waals surface area (Å²) in [5.41, 5.74) is 0.981. The summed E-state index contributed by atoms with van der Waals surface area (Å²) < 4.78 is 58.3. The van der Waals surface area contributed by atoms with Crippen molar-refractivity contribution in [3.63, 3.8) is 0 Å². The number of carbonyl (C=O) groups excluding carboxylic acids is 2. The molecule has 0 saturated heterocycles. The number of sulfonamides is 1. The van der Waals surface area contributed by atoms with E-state index in [2.05, 4.69) is 9.71 Å². The van der Waals surface area contributed by atoms with Crippen LogP contribution in [0.1, 0.15) is 10.4 Å². The van der Waals surface area contributed by atoms with Gasteiger partial charge in [0.25, 0.3) is 15.9 Å². The Bertz CT molecular complexity index is 1680. The second-order valence-electron chi connectivity index (χ2n) is 7.78. The van der Waals surface area contributed by atoms with Crippen LogP contribution in [0.5, 0.6) is 11.5 Å². The Hall–Kier alpha value is -4.23. The summed E-state index contributed by atoms with van der Waals surface area (Å²) in [6.45, 7) is -0.192. The monoisotopic (exact) mass is 559 g/mol. The molecule has 0 aliphatic heterocycles. The first kappa shape index (κ1) is 26.8. The summed E-state index contributed by atoms with van der Waals surface area (Å²) in [5.74, 6) is -0.787. The fourth-order valence-corrected chi connectivity index (χ4v) is 5.59. The molecule has 198 valence electrons. The number of rotatable bonds is 8. The predicted molar refractivity (Wildman–Crippen MR) is 138 cm³/mol. The number of esters is 1. The van der Waals surface area contributed by atoms with Crippen molar-refractivity contribution in [2.24, 2.45) is 4.99 Å². The molecular formula is C25H22FN3O7S2. The van der Waals surface area contributed by atoms with Crippen molar-refractivity contribution in [3.8, 4) is 11.5 Å². The number of amides is 1. The molecule has 0 aliphatic rings. The Kier molecular flexibility index (Phi) is 7.78. The summed E-state index contributed by atoms with van der Waals surface area (Å²) in [6, 6.07) is 13.4. The van der Waals surface area contributed by atoms with E-state index in [9.17, 15) is 22.4 Å². The number of methoxy groups -OCH3 is 3. The molecule has 4 aromatic rings. The van der Waals surface area contributed by atoms with Crippen molar-refractivity contribution in [2.75, 3.05) is 26.1 Å². The Balaban J connectivity index is 1.66. The Labute approximate surface area is 221 Å². The summed E-state index contributed by atoms with van der Waals surface area (Å²) in [4.78, 5) is 29.4. The van der Waals surface area contributed by atoms with Gasteiger partial charge in [-0.3, -0.25) is 14.3 Å². The van der Waals surface area contributed by atoms with Crippen molar-refractivity contribution in [1.82, 2.24) is 4.57 Å². The number of halogens is 1. The molecule has 38 heavy (non-hydrogen) atoms. The van der Waals surface area contributed by atoms with Gasteiger partial charge in [0.15, 0.2) is 16.3 Å². The zero-order valence-electron chi connectivity index (χ0n) is 20.4. The van der Waals surface area contributed by atoms with Crippen molar-refractivity contribution < 1.29 is 36.6 Å². The van der Waals surface area contributed by atoms with Crippen LogP contribution in [0.2, 0.25) is 0 Å². The van der Waals surface area contributed by atoms with E-state index in [1.54, 1.807) is 12.1 Å². The van der Waals surface area contributed by atoms with Gasteiger partial charge in [0.1, 0.15) is 12.4 Å². The van der Waals surface area contributed by atoms with E-state index in [1.165, 1.54) is 61.5 Å². The molecule has 0 atom stereocenters. The molecule has 0 saturated carbocycles. The van der Waals surface area contributed by atoms with Gasteiger partial charge in [0, 0.05) is 23.4 Å². The van der Waals surface area contributed by atoms with Gasteiger partial charge in [0.2, 0.25) is 0 Å². The first-order valence-corrected chi connectivity index (χ1v) is 13.2. The maximum absolute atomic E-state index is 13.1. The third-order valence-electron chi connectivity index (χ3n) is 5.41. The standard InChI is InChI=1S/C25H22FN3O7S2/c1-34-20-12-19-22(13-21(20)35-2)37-25(29(19)14-23(30)36-3)27-24(31)15-4-8-17(9-5-15)28-38(32,33)18-10-6-16(26)7-11-18/h4-13,28H,14H2,1-3H3. The van der Waals surface area contributed by atoms with Gasteiger partial charge in [-0.2, -0.15) is 4.99 Å². The number of nitrogens with zero attached hydrogens (tertiary/aromatic N) is 2. The molecular weight excluding hydrogens is 537 g/mol. The van der Waals surface area contributed by atoms with Crippen LogP contribution < -0.4 is 19.0 Å². The Morgan fingerprint density at radius 3 is 2.21 bits per heavy atom. The molecule has 3 aromatic carbocycles. The fourth-order valence-electron chi connectivity index (χ4n) is 3.49. The molecule has 10 nitrogen and oxygen atoms in total. The second kappa shape index (κ2) is 11.0. The highest BCUT2D eigenvalue weighted by atomic mass is 32.2. The van der Waals surface area contributed by atoms with Crippen molar-refractivity contribution in [3.05, 3.63) is 76.8 Å². The average molecular weight is 560 g/mol. The van der Waals surface area contributed by atoms with Crippen LogP contribution in [-0.2, 0) is 26.1 Å². The van der Waals surface area contributed by atoms with Gasteiger partial charge >= 0.3 is 5.97 Å². The summed E-state index contributed by atoms with van der Waals surface area (Å²) in [7, 11) is 0.293. The predicted octanol–water partition coefficient (Wildman–Crippen LogP) is 3.57. The van der Waals surface area contributed by atoms with Crippen LogP contribution in [0, 0.1) is 5.82 Å². The first-order valence-electron chi connectivity index (χ1n) is 10.9. The van der Waals surface area contributed by atoms with Crippen molar-refractivity contribution in [1.29, 1.82) is 0 Å². The normalized spacial score (nSPS) is 11.8. The van der Waals surface area contributed by atoms with Crippen LogP contribution in [0.3, 0.4) is 0 Å². The maximum atomic E-state index is 13.1. The number of thiazole rings is 1. The fraction of sp³-hybridized carbons (Fsp3) is 0.160. The van der Waals surface area contributed by atoms with E-state index in [-0.39, 0.29) is 27.5 Å². The number of ether oxygens (including phenoxy) is 3. The number of fused-ring (bicyclic) bond motifs is 1. The average Bonchev–Trinajstić information content (AvgIpc) is 3.23.